The number of halogens is 1. The second kappa shape index (κ2) is 4.68. The van der Waals surface area contributed by atoms with E-state index in [-0.39, 0.29) is 24.2 Å². The third kappa shape index (κ3) is 2.01. The third-order valence-electron chi connectivity index (χ3n) is 4.21. The topological polar surface area (TPSA) is 32.8 Å². The van der Waals surface area contributed by atoms with Crippen LogP contribution in [0.3, 0.4) is 0 Å². The van der Waals surface area contributed by atoms with Crippen molar-refractivity contribution in [3.05, 3.63) is 64.1 Å². The summed E-state index contributed by atoms with van der Waals surface area (Å²) in [5.41, 5.74) is 2.75. The lowest BCUT2D eigenvalue weighted by Gasteiger charge is -2.33. The van der Waals surface area contributed by atoms with Crippen molar-refractivity contribution < 1.29 is 9.53 Å². The molecule has 1 saturated heterocycles. The maximum Gasteiger partial charge on any atom is 0.258 e. The van der Waals surface area contributed by atoms with Gasteiger partial charge in [0.15, 0.2) is 0 Å². The lowest BCUT2D eigenvalue weighted by molar-refractivity contribution is 0.0973. The molecule has 4 heteroatoms. The normalized spacial score (nSPS) is 26.0. The van der Waals surface area contributed by atoms with Crippen LogP contribution < -0.4 is 4.90 Å². The van der Waals surface area contributed by atoms with Gasteiger partial charge >= 0.3 is 0 Å². The van der Waals surface area contributed by atoms with Crippen molar-refractivity contribution in [2.24, 2.45) is 0 Å². The quantitative estimate of drug-likeness (QED) is 0.734. The van der Waals surface area contributed by atoms with E-state index < -0.39 is 0 Å². The van der Waals surface area contributed by atoms with Gasteiger partial charge in [0.1, 0.15) is 12.2 Å². The van der Waals surface area contributed by atoms with Crippen LogP contribution in [0.15, 0.2) is 53.0 Å². The Morgan fingerprint density at radius 1 is 1.19 bits per heavy atom. The fourth-order valence-electron chi connectivity index (χ4n) is 3.09. The highest BCUT2D eigenvalue weighted by molar-refractivity contribution is 9.10. The summed E-state index contributed by atoms with van der Waals surface area (Å²) >= 11 is 3.50. The van der Waals surface area contributed by atoms with Crippen LogP contribution in [-0.4, -0.2) is 18.1 Å². The smallest absolute Gasteiger partial charge is 0.258 e. The molecule has 3 atom stereocenters. The van der Waals surface area contributed by atoms with E-state index in [2.05, 4.69) is 22.9 Å². The van der Waals surface area contributed by atoms with E-state index in [4.69, 9.17) is 4.74 Å². The number of carbonyl (C=O) groups excluding carboxylic acids is 1. The number of fused-ring (bicyclic) bond motifs is 3. The largest absolute Gasteiger partial charge is 0.362 e. The summed E-state index contributed by atoms with van der Waals surface area (Å²) in [4.78, 5) is 14.8. The second-order valence-electron chi connectivity index (χ2n) is 5.51. The van der Waals surface area contributed by atoms with Crippen LogP contribution in [0.1, 0.15) is 28.9 Å². The lowest BCUT2D eigenvalue weighted by atomic mass is 9.96. The molecular formula is C17H14BrNO2. The molecule has 2 aliphatic heterocycles. The Morgan fingerprint density at radius 3 is 2.71 bits per heavy atom. The van der Waals surface area contributed by atoms with E-state index in [1.165, 1.54) is 0 Å². The van der Waals surface area contributed by atoms with Crippen molar-refractivity contribution in [1.29, 1.82) is 0 Å². The van der Waals surface area contributed by atoms with Crippen LogP contribution in [0.4, 0.5) is 5.69 Å². The SMILES string of the molecule is CC1C2OC2c2ccc(Br)cc2N1C(=O)c1ccccc1. The molecule has 21 heavy (non-hydrogen) atoms. The first-order valence-corrected chi connectivity index (χ1v) is 7.79. The molecule has 1 amide bonds. The Bertz CT molecular complexity index is 716. The number of epoxide rings is 1. The zero-order chi connectivity index (χ0) is 14.6. The molecule has 0 spiro atoms. The summed E-state index contributed by atoms with van der Waals surface area (Å²) in [6.07, 6.45) is 0.259. The molecule has 0 aromatic heterocycles. The van der Waals surface area contributed by atoms with E-state index >= 15 is 0 Å². The van der Waals surface area contributed by atoms with Gasteiger partial charge < -0.3 is 9.64 Å². The van der Waals surface area contributed by atoms with Crippen molar-refractivity contribution in [2.45, 2.75) is 25.2 Å². The van der Waals surface area contributed by atoms with Gasteiger partial charge in [-0.2, -0.15) is 0 Å². The average molecular weight is 344 g/mol. The number of amides is 1. The van der Waals surface area contributed by atoms with Crippen molar-refractivity contribution in [3.63, 3.8) is 0 Å². The Hall–Kier alpha value is -1.65. The number of anilines is 1. The summed E-state index contributed by atoms with van der Waals surface area (Å²) in [6.45, 7) is 2.05. The summed E-state index contributed by atoms with van der Waals surface area (Å²) in [7, 11) is 0. The first-order chi connectivity index (χ1) is 10.2. The third-order valence-corrected chi connectivity index (χ3v) is 4.70. The summed E-state index contributed by atoms with van der Waals surface area (Å²) in [6, 6.07) is 15.5. The Morgan fingerprint density at radius 2 is 1.95 bits per heavy atom. The second-order valence-corrected chi connectivity index (χ2v) is 6.42. The van der Waals surface area contributed by atoms with Gasteiger partial charge in [-0.05, 0) is 31.2 Å². The molecule has 0 saturated carbocycles. The van der Waals surface area contributed by atoms with Gasteiger partial charge in [0.25, 0.3) is 5.91 Å². The molecule has 0 radical (unpaired) electrons. The molecule has 2 aliphatic rings. The van der Waals surface area contributed by atoms with Crippen molar-refractivity contribution >= 4 is 27.5 Å². The minimum Gasteiger partial charge on any atom is -0.362 e. The number of rotatable bonds is 1. The van der Waals surface area contributed by atoms with Crippen molar-refractivity contribution in [2.75, 3.05) is 4.90 Å². The number of ether oxygens (including phenoxy) is 1. The Balaban J connectivity index is 1.82. The molecule has 1 fully saturated rings. The first kappa shape index (κ1) is 13.0. The molecule has 0 bridgehead atoms. The maximum atomic E-state index is 12.9. The monoisotopic (exact) mass is 343 g/mol. The van der Waals surface area contributed by atoms with E-state index in [1.807, 2.05) is 53.4 Å². The molecule has 2 aromatic carbocycles. The van der Waals surface area contributed by atoms with Gasteiger partial charge in [-0.15, -0.1) is 0 Å². The molecule has 0 N–H and O–H groups in total. The molecular weight excluding hydrogens is 330 g/mol. The Labute approximate surface area is 131 Å². The van der Waals surface area contributed by atoms with Gasteiger partial charge in [-0.3, -0.25) is 4.79 Å². The van der Waals surface area contributed by atoms with Crippen LogP contribution in [0.2, 0.25) is 0 Å². The zero-order valence-corrected chi connectivity index (χ0v) is 13.1. The van der Waals surface area contributed by atoms with Crippen molar-refractivity contribution in [1.82, 2.24) is 0 Å². The van der Waals surface area contributed by atoms with Crippen molar-refractivity contribution in [3.8, 4) is 0 Å². The minimum atomic E-state index is 0.0244. The minimum absolute atomic E-state index is 0.0244. The average Bonchev–Trinajstić information content (AvgIpc) is 3.29. The fraction of sp³-hybridized carbons (Fsp3) is 0.235. The molecule has 106 valence electrons. The number of hydrogen-bond acceptors (Lipinski definition) is 2. The first-order valence-electron chi connectivity index (χ1n) is 7.00. The number of nitrogens with zero attached hydrogens (tertiary/aromatic N) is 1. The zero-order valence-electron chi connectivity index (χ0n) is 11.5. The molecule has 2 heterocycles. The van der Waals surface area contributed by atoms with Gasteiger partial charge in [-0.1, -0.05) is 40.2 Å². The number of carbonyl (C=O) groups is 1. The van der Waals surface area contributed by atoms with Gasteiger partial charge in [0.05, 0.1) is 11.7 Å². The van der Waals surface area contributed by atoms with E-state index in [1.54, 1.807) is 0 Å². The van der Waals surface area contributed by atoms with Crippen LogP contribution in [-0.2, 0) is 4.74 Å². The maximum absolute atomic E-state index is 12.9. The standard InChI is InChI=1S/C17H14BrNO2/c1-10-15-16(21-15)13-8-7-12(18)9-14(13)19(10)17(20)11-5-3-2-4-6-11/h2-10,15-16H,1H3. The summed E-state index contributed by atoms with van der Waals surface area (Å²) in [5.74, 6) is 0.0244. The highest BCUT2D eigenvalue weighted by atomic mass is 79.9. The predicted octanol–water partition coefficient (Wildman–Crippen LogP) is 3.94. The molecule has 4 rings (SSSR count). The van der Waals surface area contributed by atoms with E-state index in [9.17, 15) is 4.79 Å². The molecule has 3 unspecified atom stereocenters. The summed E-state index contributed by atoms with van der Waals surface area (Å²) in [5, 5.41) is 0. The number of benzene rings is 2. The highest BCUT2D eigenvalue weighted by Crippen LogP contribution is 2.51. The predicted molar refractivity (Wildman–Crippen MR) is 84.5 cm³/mol. The van der Waals surface area contributed by atoms with E-state index in [0.717, 1.165) is 15.7 Å². The Kier molecular flexibility index (Phi) is 2.91. The van der Waals surface area contributed by atoms with Gasteiger partial charge in [0.2, 0.25) is 0 Å². The summed E-state index contributed by atoms with van der Waals surface area (Å²) < 4.78 is 6.73. The highest BCUT2D eigenvalue weighted by Gasteiger charge is 2.53. The molecule has 2 aromatic rings. The van der Waals surface area contributed by atoms with E-state index in [0.29, 0.717) is 5.56 Å². The fourth-order valence-corrected chi connectivity index (χ4v) is 3.44. The molecule has 0 aliphatic carbocycles. The van der Waals surface area contributed by atoms with Gasteiger partial charge in [-0.25, -0.2) is 0 Å². The van der Waals surface area contributed by atoms with Gasteiger partial charge in [0, 0.05) is 15.6 Å². The van der Waals surface area contributed by atoms with Crippen LogP contribution >= 0.6 is 15.9 Å². The van der Waals surface area contributed by atoms with Crippen LogP contribution in [0.5, 0.6) is 0 Å². The number of hydrogen-bond donors (Lipinski definition) is 0. The van der Waals surface area contributed by atoms with Crippen LogP contribution in [0, 0.1) is 0 Å². The molecule has 3 nitrogen and oxygen atoms in total. The lowest BCUT2D eigenvalue weighted by Crippen LogP contribution is -2.44. The van der Waals surface area contributed by atoms with Crippen LogP contribution in [0.25, 0.3) is 0 Å².